The third kappa shape index (κ3) is 3.78. The predicted octanol–water partition coefficient (Wildman–Crippen LogP) is 4.10. The first-order valence-corrected chi connectivity index (χ1v) is 9.05. The minimum Gasteiger partial charge on any atom is -0.493 e. The van der Waals surface area contributed by atoms with Crippen LogP contribution in [0.5, 0.6) is 11.5 Å². The van der Waals surface area contributed by atoms with Crippen LogP contribution in [0.15, 0.2) is 36.4 Å². The number of halogens is 1. The highest BCUT2D eigenvalue weighted by Gasteiger charge is 2.11. The molecule has 5 nitrogen and oxygen atoms in total. The number of hydrogen-bond donors (Lipinski definition) is 1. The number of carbonyl (C=O) groups excluding carboxylic acids is 1. The summed E-state index contributed by atoms with van der Waals surface area (Å²) in [5, 5.41) is 3.47. The summed E-state index contributed by atoms with van der Waals surface area (Å²) in [5.41, 5.74) is 1.74. The number of hydrogen-bond acceptors (Lipinski definition) is 5. The average molecular weight is 454 g/mol. The van der Waals surface area contributed by atoms with Gasteiger partial charge in [0.2, 0.25) is 5.91 Å². The van der Waals surface area contributed by atoms with Gasteiger partial charge in [-0.25, -0.2) is 4.98 Å². The van der Waals surface area contributed by atoms with Gasteiger partial charge in [0, 0.05) is 3.57 Å². The van der Waals surface area contributed by atoms with Crippen LogP contribution >= 0.6 is 33.9 Å². The largest absolute Gasteiger partial charge is 0.493 e. The van der Waals surface area contributed by atoms with E-state index in [0.717, 1.165) is 19.4 Å². The van der Waals surface area contributed by atoms with Crippen molar-refractivity contribution in [1.29, 1.82) is 0 Å². The molecule has 1 heterocycles. The van der Waals surface area contributed by atoms with Crippen molar-refractivity contribution in [3.05, 3.63) is 45.5 Å². The summed E-state index contributed by atoms with van der Waals surface area (Å²) in [6.45, 7) is 0. The monoisotopic (exact) mass is 454 g/mol. The van der Waals surface area contributed by atoms with Crippen LogP contribution in [-0.4, -0.2) is 25.1 Å². The van der Waals surface area contributed by atoms with E-state index in [4.69, 9.17) is 9.47 Å². The third-order valence-electron chi connectivity index (χ3n) is 3.41. The maximum Gasteiger partial charge on any atom is 0.230 e. The maximum atomic E-state index is 12.3. The van der Waals surface area contributed by atoms with Gasteiger partial charge in [0.15, 0.2) is 16.6 Å². The van der Waals surface area contributed by atoms with Crippen molar-refractivity contribution in [2.45, 2.75) is 6.42 Å². The van der Waals surface area contributed by atoms with E-state index >= 15 is 0 Å². The predicted molar refractivity (Wildman–Crippen MR) is 104 cm³/mol. The lowest BCUT2D eigenvalue weighted by Gasteiger charge is -2.09. The molecule has 2 aromatic carbocycles. The molecule has 1 N–H and O–H groups in total. The number of thiazole rings is 1. The molecule has 124 valence electrons. The zero-order valence-electron chi connectivity index (χ0n) is 13.1. The number of ether oxygens (including phenoxy) is 2. The van der Waals surface area contributed by atoms with E-state index in [-0.39, 0.29) is 12.3 Å². The van der Waals surface area contributed by atoms with Crippen LogP contribution < -0.4 is 14.8 Å². The minimum atomic E-state index is -0.115. The van der Waals surface area contributed by atoms with Crippen molar-refractivity contribution in [2.75, 3.05) is 19.5 Å². The molecule has 0 aliphatic rings. The number of nitrogens with one attached hydrogen (secondary N) is 1. The van der Waals surface area contributed by atoms with Crippen molar-refractivity contribution < 1.29 is 14.3 Å². The average Bonchev–Trinajstić information content (AvgIpc) is 2.95. The van der Waals surface area contributed by atoms with E-state index in [9.17, 15) is 4.79 Å². The summed E-state index contributed by atoms with van der Waals surface area (Å²) in [5.74, 6) is 1.13. The van der Waals surface area contributed by atoms with E-state index in [2.05, 4.69) is 39.0 Å². The van der Waals surface area contributed by atoms with Crippen LogP contribution in [-0.2, 0) is 11.2 Å². The number of amides is 1. The molecule has 0 saturated carbocycles. The van der Waals surface area contributed by atoms with E-state index < -0.39 is 0 Å². The third-order valence-corrected chi connectivity index (χ3v) is 5.01. The molecule has 0 saturated heterocycles. The smallest absolute Gasteiger partial charge is 0.230 e. The van der Waals surface area contributed by atoms with E-state index in [0.29, 0.717) is 16.6 Å². The van der Waals surface area contributed by atoms with Crippen LogP contribution in [0.4, 0.5) is 5.13 Å². The molecule has 0 aliphatic heterocycles. The highest BCUT2D eigenvalue weighted by Crippen LogP contribution is 2.29. The number of nitrogens with zero attached hydrogens (tertiary/aromatic N) is 1. The van der Waals surface area contributed by atoms with Gasteiger partial charge in [-0.15, -0.1) is 0 Å². The van der Waals surface area contributed by atoms with Crippen LogP contribution in [0.3, 0.4) is 0 Å². The zero-order valence-corrected chi connectivity index (χ0v) is 16.1. The van der Waals surface area contributed by atoms with Crippen molar-refractivity contribution in [3.63, 3.8) is 0 Å². The molecule has 0 fully saturated rings. The van der Waals surface area contributed by atoms with E-state index in [1.807, 2.05) is 18.2 Å². The fourth-order valence-electron chi connectivity index (χ4n) is 2.29. The first-order valence-electron chi connectivity index (χ1n) is 7.16. The molecule has 1 amide bonds. The molecule has 7 heteroatoms. The number of aromatic nitrogens is 1. The van der Waals surface area contributed by atoms with Gasteiger partial charge in [0.05, 0.1) is 30.9 Å². The first kappa shape index (κ1) is 17.0. The lowest BCUT2D eigenvalue weighted by Crippen LogP contribution is -2.14. The lowest BCUT2D eigenvalue weighted by molar-refractivity contribution is -0.115. The van der Waals surface area contributed by atoms with Gasteiger partial charge >= 0.3 is 0 Å². The van der Waals surface area contributed by atoms with Crippen molar-refractivity contribution in [1.82, 2.24) is 4.98 Å². The van der Waals surface area contributed by atoms with Crippen molar-refractivity contribution >= 4 is 55.2 Å². The molecule has 24 heavy (non-hydrogen) atoms. The number of benzene rings is 2. The molecule has 0 aliphatic carbocycles. The SMILES string of the molecule is COc1ccc(CC(=O)Nc2nc3ccc(I)cc3s2)cc1OC. The van der Waals surface area contributed by atoms with Crippen LogP contribution in [0.2, 0.25) is 0 Å². The van der Waals surface area contributed by atoms with Gasteiger partial charge in [0.25, 0.3) is 0 Å². The summed E-state index contributed by atoms with van der Waals surface area (Å²) in [4.78, 5) is 16.7. The molecular formula is C17H15IN2O3S. The molecule has 0 bridgehead atoms. The fourth-order valence-corrected chi connectivity index (χ4v) is 3.92. The van der Waals surface area contributed by atoms with Gasteiger partial charge in [-0.05, 0) is 58.5 Å². The number of rotatable bonds is 5. The molecule has 1 aromatic heterocycles. The van der Waals surface area contributed by atoms with Crippen LogP contribution in [0.1, 0.15) is 5.56 Å². The Kier molecular flexibility index (Phi) is 5.20. The van der Waals surface area contributed by atoms with Crippen LogP contribution in [0, 0.1) is 3.57 Å². The Hall–Kier alpha value is -1.87. The topological polar surface area (TPSA) is 60.5 Å². The Morgan fingerprint density at radius 2 is 1.96 bits per heavy atom. The molecule has 0 atom stereocenters. The number of fused-ring (bicyclic) bond motifs is 1. The lowest BCUT2D eigenvalue weighted by atomic mass is 10.1. The summed E-state index contributed by atoms with van der Waals surface area (Å²) in [6.07, 6.45) is 0.244. The number of anilines is 1. The second kappa shape index (κ2) is 7.35. The number of methoxy groups -OCH3 is 2. The number of carbonyl (C=O) groups is 1. The summed E-state index contributed by atoms with van der Waals surface area (Å²) in [7, 11) is 3.16. The second-order valence-electron chi connectivity index (χ2n) is 5.05. The molecule has 0 unspecified atom stereocenters. The van der Waals surface area contributed by atoms with Gasteiger partial charge in [-0.2, -0.15) is 0 Å². The standard InChI is InChI=1S/C17H15IN2O3S/c1-22-13-6-3-10(7-14(13)23-2)8-16(21)20-17-19-12-5-4-11(18)9-15(12)24-17/h3-7,9H,8H2,1-2H3,(H,19,20,21). The fraction of sp³-hybridized carbons (Fsp3) is 0.176. The molecular weight excluding hydrogens is 439 g/mol. The highest BCUT2D eigenvalue weighted by molar-refractivity contribution is 14.1. The van der Waals surface area contributed by atoms with E-state index in [1.54, 1.807) is 26.4 Å². The van der Waals surface area contributed by atoms with Gasteiger partial charge in [-0.3, -0.25) is 4.79 Å². The second-order valence-corrected chi connectivity index (χ2v) is 7.32. The Bertz CT molecular complexity index is 895. The van der Waals surface area contributed by atoms with Crippen molar-refractivity contribution in [2.24, 2.45) is 0 Å². The Balaban J connectivity index is 1.72. The van der Waals surface area contributed by atoms with Gasteiger partial charge in [-0.1, -0.05) is 17.4 Å². The molecule has 3 aromatic rings. The summed E-state index contributed by atoms with van der Waals surface area (Å²) >= 11 is 3.73. The normalized spacial score (nSPS) is 10.6. The van der Waals surface area contributed by atoms with Crippen LogP contribution in [0.25, 0.3) is 10.2 Å². The Morgan fingerprint density at radius 3 is 2.71 bits per heavy atom. The highest BCUT2D eigenvalue weighted by atomic mass is 127. The molecule has 3 rings (SSSR count). The Labute approximate surface area is 157 Å². The zero-order chi connectivity index (χ0) is 17.1. The molecule has 0 radical (unpaired) electrons. The minimum absolute atomic E-state index is 0.115. The summed E-state index contributed by atoms with van der Waals surface area (Å²) < 4.78 is 12.7. The summed E-state index contributed by atoms with van der Waals surface area (Å²) in [6, 6.07) is 11.5. The van der Waals surface area contributed by atoms with Crippen molar-refractivity contribution in [3.8, 4) is 11.5 Å². The first-order chi connectivity index (χ1) is 11.6. The quantitative estimate of drug-likeness (QED) is 0.590. The molecule has 0 spiro atoms. The van der Waals surface area contributed by atoms with E-state index in [1.165, 1.54) is 11.3 Å². The maximum absolute atomic E-state index is 12.3. The van der Waals surface area contributed by atoms with Gasteiger partial charge < -0.3 is 14.8 Å². The Morgan fingerprint density at radius 1 is 1.17 bits per heavy atom. The van der Waals surface area contributed by atoms with Gasteiger partial charge in [0.1, 0.15) is 0 Å².